The van der Waals surface area contributed by atoms with Gasteiger partial charge in [-0.1, -0.05) is 81.4 Å². The fourth-order valence-corrected chi connectivity index (χ4v) is 11.4. The van der Waals surface area contributed by atoms with Crippen molar-refractivity contribution in [3.8, 4) is 22.6 Å². The first-order valence-electron chi connectivity index (χ1n) is 17.8. The molecule has 6 unspecified atom stereocenters. The summed E-state index contributed by atoms with van der Waals surface area (Å²) in [6.45, 7) is 9.57. The molecule has 2 bridgehead atoms. The highest BCUT2D eigenvalue weighted by Crippen LogP contribution is 2.73. The minimum absolute atomic E-state index is 0.112. The van der Waals surface area contributed by atoms with Crippen molar-refractivity contribution in [3.05, 3.63) is 95.6 Å². The average molecular weight is 630 g/mol. The van der Waals surface area contributed by atoms with Gasteiger partial charge in [0.15, 0.2) is 0 Å². The van der Waals surface area contributed by atoms with Crippen LogP contribution >= 0.6 is 0 Å². The second-order valence-electron chi connectivity index (χ2n) is 17.3. The van der Waals surface area contributed by atoms with Gasteiger partial charge in [0.2, 0.25) is 0 Å². The zero-order chi connectivity index (χ0) is 32.8. The van der Waals surface area contributed by atoms with Crippen molar-refractivity contribution in [1.82, 2.24) is 0 Å². The molecule has 0 saturated heterocycles. The van der Waals surface area contributed by atoms with Crippen molar-refractivity contribution in [2.75, 3.05) is 7.11 Å². The third kappa shape index (κ3) is 5.01. The summed E-state index contributed by atoms with van der Waals surface area (Å²) in [6.07, 6.45) is 8.35. The first-order chi connectivity index (χ1) is 22.3. The number of nitrogens with two attached hydrogens (primary N) is 1. The number of rotatable bonds is 7. The van der Waals surface area contributed by atoms with Gasteiger partial charge in [-0.25, -0.2) is 0 Å². The minimum atomic E-state index is -1.13. The van der Waals surface area contributed by atoms with E-state index in [2.05, 4.69) is 88.4 Å². The molecule has 0 aliphatic heterocycles. The van der Waals surface area contributed by atoms with Gasteiger partial charge in [0.05, 0.1) is 12.7 Å². The molecule has 0 amide bonds. The van der Waals surface area contributed by atoms with E-state index in [1.807, 2.05) is 25.3 Å². The molecule has 4 heteroatoms. The second-order valence-corrected chi connectivity index (χ2v) is 17.3. The Kier molecular flexibility index (Phi) is 6.97. The van der Waals surface area contributed by atoms with Crippen LogP contribution in [-0.4, -0.2) is 17.8 Å². The first-order valence-corrected chi connectivity index (χ1v) is 17.8. The number of benzene rings is 4. The number of fused-ring (bicyclic) bond motifs is 2. The largest absolute Gasteiger partial charge is 0.496 e. The first kappa shape index (κ1) is 31.0. The van der Waals surface area contributed by atoms with E-state index >= 15 is 0 Å². The van der Waals surface area contributed by atoms with Crippen LogP contribution in [0.1, 0.15) is 95.8 Å². The highest BCUT2D eigenvalue weighted by molar-refractivity contribution is 6.03. The molecule has 4 nitrogen and oxygen atoms in total. The Morgan fingerprint density at radius 2 is 1.51 bits per heavy atom. The van der Waals surface area contributed by atoms with Gasteiger partial charge in [-0.15, -0.1) is 0 Å². The molecule has 3 N–H and O–H groups in total. The standard InChI is InChI=1S/C43H51NO3/c1-39(2)24-40(3,44)26-43(45,25-39)35-21-36(47-23-28-12-8-6-9-13-28)32-20-37(46-5)34(19-33(32)38(35)29-14-10-7-11-15-29)42-17-16-30-18-31(22-42)41(30,4)27-42/h6-15,19-21,30-31,45H,16-18,22-27,44H2,1-5H3. The van der Waals surface area contributed by atoms with Crippen LogP contribution in [0.15, 0.2) is 78.9 Å². The molecule has 4 aromatic rings. The normalized spacial score (nSPS) is 33.8. The highest BCUT2D eigenvalue weighted by Gasteiger charge is 2.65. The molecule has 47 heavy (non-hydrogen) atoms. The predicted octanol–water partition coefficient (Wildman–Crippen LogP) is 9.68. The van der Waals surface area contributed by atoms with Gasteiger partial charge >= 0.3 is 0 Å². The molecular formula is C43H51NO3. The smallest absolute Gasteiger partial charge is 0.128 e. The van der Waals surface area contributed by atoms with Crippen molar-refractivity contribution < 1.29 is 14.6 Å². The van der Waals surface area contributed by atoms with E-state index in [0.717, 1.165) is 62.8 Å². The van der Waals surface area contributed by atoms with Crippen LogP contribution in [0.2, 0.25) is 0 Å². The molecule has 4 aliphatic carbocycles. The monoisotopic (exact) mass is 629 g/mol. The van der Waals surface area contributed by atoms with Crippen LogP contribution in [0, 0.1) is 22.7 Å². The van der Waals surface area contributed by atoms with Crippen LogP contribution in [0.5, 0.6) is 11.5 Å². The molecule has 6 atom stereocenters. The Morgan fingerprint density at radius 3 is 2.21 bits per heavy atom. The van der Waals surface area contributed by atoms with Crippen molar-refractivity contribution >= 4 is 10.8 Å². The lowest BCUT2D eigenvalue weighted by Gasteiger charge is -2.53. The second kappa shape index (κ2) is 10.6. The third-order valence-corrected chi connectivity index (χ3v) is 12.9. The van der Waals surface area contributed by atoms with E-state index in [4.69, 9.17) is 15.2 Å². The van der Waals surface area contributed by atoms with Gasteiger partial charge in [0.1, 0.15) is 18.1 Å². The Balaban J connectivity index is 1.40. The fourth-order valence-electron chi connectivity index (χ4n) is 11.4. The molecule has 0 radical (unpaired) electrons. The summed E-state index contributed by atoms with van der Waals surface area (Å²) in [4.78, 5) is 0. The van der Waals surface area contributed by atoms with Gasteiger partial charge in [-0.2, -0.15) is 0 Å². The summed E-state index contributed by atoms with van der Waals surface area (Å²) in [5.41, 5.74) is 11.3. The zero-order valence-corrected chi connectivity index (χ0v) is 28.9. The predicted molar refractivity (Wildman–Crippen MR) is 191 cm³/mol. The molecule has 246 valence electrons. The maximum atomic E-state index is 13.0. The van der Waals surface area contributed by atoms with Crippen molar-refractivity contribution in [2.45, 2.75) is 102 Å². The Labute approximate surface area is 280 Å². The van der Waals surface area contributed by atoms with Crippen molar-refractivity contribution in [3.63, 3.8) is 0 Å². The third-order valence-electron chi connectivity index (χ3n) is 12.9. The van der Waals surface area contributed by atoms with Gasteiger partial charge in [0, 0.05) is 16.5 Å². The molecular weight excluding hydrogens is 578 g/mol. The fraction of sp³-hybridized carbons (Fsp3) is 0.488. The summed E-state index contributed by atoms with van der Waals surface area (Å²) >= 11 is 0. The summed E-state index contributed by atoms with van der Waals surface area (Å²) < 4.78 is 13.1. The SMILES string of the molecule is COc1cc2c(OCc3ccccc3)cc(C3(O)CC(C)(C)CC(C)(N)C3)c(-c3ccccc3)c2cc1C12CCC3CC(C1)C3(C)C2. The van der Waals surface area contributed by atoms with E-state index in [9.17, 15) is 5.11 Å². The molecule has 4 fully saturated rings. The lowest BCUT2D eigenvalue weighted by Crippen LogP contribution is -2.53. The maximum Gasteiger partial charge on any atom is 0.128 e. The molecule has 4 aliphatic rings. The van der Waals surface area contributed by atoms with Gasteiger partial charge < -0.3 is 20.3 Å². The summed E-state index contributed by atoms with van der Waals surface area (Å²) in [7, 11) is 1.82. The zero-order valence-electron chi connectivity index (χ0n) is 28.9. The van der Waals surface area contributed by atoms with Gasteiger partial charge in [-0.05, 0) is 132 Å². The van der Waals surface area contributed by atoms with Crippen LogP contribution in [0.4, 0.5) is 0 Å². The minimum Gasteiger partial charge on any atom is -0.496 e. The van der Waals surface area contributed by atoms with E-state index in [-0.39, 0.29) is 10.8 Å². The van der Waals surface area contributed by atoms with Gasteiger partial charge in [0.25, 0.3) is 0 Å². The van der Waals surface area contributed by atoms with Crippen molar-refractivity contribution in [2.24, 2.45) is 28.4 Å². The summed E-state index contributed by atoms with van der Waals surface area (Å²) in [5.74, 6) is 3.41. The van der Waals surface area contributed by atoms with Crippen LogP contribution in [-0.2, 0) is 17.6 Å². The number of aliphatic hydroxyl groups is 1. The average Bonchev–Trinajstić information content (AvgIpc) is 3.15. The number of ether oxygens (including phenoxy) is 2. The summed E-state index contributed by atoms with van der Waals surface area (Å²) in [6, 6.07) is 27.8. The maximum absolute atomic E-state index is 13.0. The Morgan fingerprint density at radius 1 is 0.787 bits per heavy atom. The van der Waals surface area contributed by atoms with Crippen LogP contribution in [0.25, 0.3) is 21.9 Å². The van der Waals surface area contributed by atoms with E-state index in [1.165, 1.54) is 37.7 Å². The number of hydrogen-bond acceptors (Lipinski definition) is 4. The molecule has 0 heterocycles. The molecule has 0 spiro atoms. The van der Waals surface area contributed by atoms with Gasteiger partial charge in [-0.3, -0.25) is 0 Å². The van der Waals surface area contributed by atoms with Crippen molar-refractivity contribution in [1.29, 1.82) is 0 Å². The van der Waals surface area contributed by atoms with Crippen LogP contribution < -0.4 is 15.2 Å². The van der Waals surface area contributed by atoms with E-state index in [1.54, 1.807) is 0 Å². The molecule has 8 rings (SSSR count). The molecule has 0 aromatic heterocycles. The van der Waals surface area contributed by atoms with E-state index in [0.29, 0.717) is 24.9 Å². The lowest BCUT2D eigenvalue weighted by molar-refractivity contribution is -0.0708. The molecule has 4 aromatic carbocycles. The topological polar surface area (TPSA) is 64.7 Å². The Hall–Kier alpha value is -3.34. The quantitative estimate of drug-likeness (QED) is 0.214. The highest BCUT2D eigenvalue weighted by atomic mass is 16.5. The lowest BCUT2D eigenvalue weighted by atomic mass is 9.52. The van der Waals surface area contributed by atoms with E-state index < -0.39 is 11.1 Å². The van der Waals surface area contributed by atoms with Crippen LogP contribution in [0.3, 0.4) is 0 Å². The Bertz CT molecular complexity index is 1810. The number of methoxy groups -OCH3 is 1. The number of hydrogen-bond donors (Lipinski definition) is 2. The summed E-state index contributed by atoms with van der Waals surface area (Å²) in [5, 5.41) is 15.1. The molecule has 4 saturated carbocycles.